The highest BCUT2D eigenvalue weighted by Crippen LogP contribution is 2.11. The van der Waals surface area contributed by atoms with Crippen molar-refractivity contribution in [2.75, 3.05) is 0 Å². The summed E-state index contributed by atoms with van der Waals surface area (Å²) in [5, 5.41) is 12.7. The van der Waals surface area contributed by atoms with Gasteiger partial charge in [0.15, 0.2) is 0 Å². The van der Waals surface area contributed by atoms with Gasteiger partial charge in [-0.3, -0.25) is 0 Å². The Labute approximate surface area is 94.2 Å². The first kappa shape index (κ1) is 10.4. The Morgan fingerprint density at radius 1 is 1.31 bits per heavy atom. The molecular formula is C12H12N4. The summed E-state index contributed by atoms with van der Waals surface area (Å²) < 4.78 is 1.77. The van der Waals surface area contributed by atoms with Crippen LogP contribution < -0.4 is 0 Å². The molecule has 0 fully saturated rings. The van der Waals surface area contributed by atoms with Crippen molar-refractivity contribution in [3.05, 3.63) is 47.5 Å². The molecule has 0 saturated heterocycles. The number of aryl methyl sites for hydroxylation is 1. The van der Waals surface area contributed by atoms with Crippen LogP contribution >= 0.6 is 0 Å². The molecular weight excluding hydrogens is 200 g/mol. The van der Waals surface area contributed by atoms with Gasteiger partial charge in [0.2, 0.25) is 0 Å². The molecule has 0 aliphatic rings. The van der Waals surface area contributed by atoms with Gasteiger partial charge in [0.05, 0.1) is 19.0 Å². The van der Waals surface area contributed by atoms with Gasteiger partial charge < -0.3 is 0 Å². The summed E-state index contributed by atoms with van der Waals surface area (Å²) in [6.07, 6.45) is 3.66. The average Bonchev–Trinajstić information content (AvgIpc) is 2.70. The summed E-state index contributed by atoms with van der Waals surface area (Å²) in [6.45, 7) is 2.73. The molecule has 0 spiro atoms. The highest BCUT2D eigenvalue weighted by atomic mass is 15.3. The van der Waals surface area contributed by atoms with E-state index in [0.717, 1.165) is 11.1 Å². The maximum absolute atomic E-state index is 8.68. The molecule has 0 aliphatic heterocycles. The average molecular weight is 212 g/mol. The van der Waals surface area contributed by atoms with Crippen LogP contribution in [0.1, 0.15) is 16.7 Å². The molecule has 4 heteroatoms. The molecule has 2 rings (SSSR count). The summed E-state index contributed by atoms with van der Waals surface area (Å²) in [7, 11) is 0. The smallest absolute Gasteiger partial charge is 0.137 e. The highest BCUT2D eigenvalue weighted by molar-refractivity contribution is 5.31. The number of hydrogen-bond donors (Lipinski definition) is 0. The third-order valence-electron chi connectivity index (χ3n) is 2.29. The molecule has 0 atom stereocenters. The van der Waals surface area contributed by atoms with E-state index in [1.54, 1.807) is 11.0 Å². The molecule has 0 N–H and O–H groups in total. The fraction of sp³-hybridized carbons (Fsp3) is 0.250. The second kappa shape index (κ2) is 4.58. The number of benzene rings is 1. The van der Waals surface area contributed by atoms with Crippen LogP contribution in [0.3, 0.4) is 0 Å². The fourth-order valence-corrected chi connectivity index (χ4v) is 1.73. The van der Waals surface area contributed by atoms with Crippen LogP contribution in [0.5, 0.6) is 0 Å². The first-order valence-corrected chi connectivity index (χ1v) is 5.07. The third-order valence-corrected chi connectivity index (χ3v) is 2.29. The lowest BCUT2D eigenvalue weighted by Gasteiger charge is -2.05. The molecule has 0 saturated carbocycles. The Morgan fingerprint density at radius 2 is 2.12 bits per heavy atom. The van der Waals surface area contributed by atoms with Gasteiger partial charge in [-0.25, -0.2) is 9.67 Å². The zero-order valence-corrected chi connectivity index (χ0v) is 9.09. The zero-order chi connectivity index (χ0) is 11.4. The van der Waals surface area contributed by atoms with Gasteiger partial charge in [0.25, 0.3) is 0 Å². The van der Waals surface area contributed by atoms with Gasteiger partial charge in [-0.1, -0.05) is 23.8 Å². The van der Waals surface area contributed by atoms with Crippen molar-refractivity contribution in [1.82, 2.24) is 14.8 Å². The number of nitriles is 1. The largest absolute Gasteiger partial charge is 0.249 e. The lowest BCUT2D eigenvalue weighted by Crippen LogP contribution is -2.01. The van der Waals surface area contributed by atoms with Crippen LogP contribution in [-0.2, 0) is 13.0 Å². The van der Waals surface area contributed by atoms with Gasteiger partial charge in [0, 0.05) is 0 Å². The normalized spacial score (nSPS) is 10.0. The van der Waals surface area contributed by atoms with Crippen LogP contribution in [0.4, 0.5) is 0 Å². The maximum atomic E-state index is 8.68. The molecule has 1 heterocycles. The van der Waals surface area contributed by atoms with Gasteiger partial charge >= 0.3 is 0 Å². The summed E-state index contributed by atoms with van der Waals surface area (Å²) in [5.41, 5.74) is 3.37. The second-order valence-corrected chi connectivity index (χ2v) is 3.75. The van der Waals surface area contributed by atoms with E-state index in [2.05, 4.69) is 22.2 Å². The highest BCUT2D eigenvalue weighted by Gasteiger charge is 2.00. The van der Waals surface area contributed by atoms with E-state index in [1.807, 2.05) is 19.1 Å². The van der Waals surface area contributed by atoms with E-state index in [1.165, 1.54) is 11.9 Å². The monoisotopic (exact) mass is 212 g/mol. The second-order valence-electron chi connectivity index (χ2n) is 3.75. The van der Waals surface area contributed by atoms with Crippen molar-refractivity contribution in [1.29, 1.82) is 5.26 Å². The van der Waals surface area contributed by atoms with Crippen molar-refractivity contribution in [3.8, 4) is 6.07 Å². The van der Waals surface area contributed by atoms with Crippen molar-refractivity contribution < 1.29 is 0 Å². The molecule has 0 bridgehead atoms. The van der Waals surface area contributed by atoms with E-state index in [4.69, 9.17) is 5.26 Å². The van der Waals surface area contributed by atoms with Crippen LogP contribution in [0.2, 0.25) is 0 Å². The Bertz CT molecular complexity index is 508. The molecule has 1 aromatic carbocycles. The Hall–Kier alpha value is -2.15. The first-order chi connectivity index (χ1) is 7.78. The Morgan fingerprint density at radius 3 is 2.81 bits per heavy atom. The molecule has 0 amide bonds. The number of aromatic nitrogens is 3. The van der Waals surface area contributed by atoms with Crippen LogP contribution in [-0.4, -0.2) is 14.8 Å². The summed E-state index contributed by atoms with van der Waals surface area (Å²) in [5.74, 6) is 0. The Kier molecular flexibility index (Phi) is 2.97. The lowest BCUT2D eigenvalue weighted by molar-refractivity contribution is 0.684. The minimum absolute atomic E-state index is 0.450. The van der Waals surface area contributed by atoms with Crippen molar-refractivity contribution in [2.45, 2.75) is 19.9 Å². The van der Waals surface area contributed by atoms with Crippen molar-refractivity contribution >= 4 is 0 Å². The molecule has 80 valence electrons. The van der Waals surface area contributed by atoms with Gasteiger partial charge in [-0.15, -0.1) is 0 Å². The number of rotatable bonds is 3. The molecule has 16 heavy (non-hydrogen) atoms. The molecule has 0 aliphatic carbocycles. The van der Waals surface area contributed by atoms with Crippen molar-refractivity contribution in [3.63, 3.8) is 0 Å². The van der Waals surface area contributed by atoms with E-state index in [0.29, 0.717) is 13.0 Å². The van der Waals surface area contributed by atoms with E-state index < -0.39 is 0 Å². The van der Waals surface area contributed by atoms with E-state index in [9.17, 15) is 0 Å². The van der Waals surface area contributed by atoms with Crippen LogP contribution in [0.25, 0.3) is 0 Å². The predicted molar refractivity (Wildman–Crippen MR) is 59.6 cm³/mol. The minimum Gasteiger partial charge on any atom is -0.249 e. The van der Waals surface area contributed by atoms with Crippen LogP contribution in [0.15, 0.2) is 30.9 Å². The van der Waals surface area contributed by atoms with E-state index >= 15 is 0 Å². The first-order valence-electron chi connectivity index (χ1n) is 5.07. The van der Waals surface area contributed by atoms with E-state index in [-0.39, 0.29) is 0 Å². The lowest BCUT2D eigenvalue weighted by atomic mass is 10.0. The quantitative estimate of drug-likeness (QED) is 0.778. The molecule has 0 radical (unpaired) electrons. The van der Waals surface area contributed by atoms with Gasteiger partial charge in [-0.05, 0) is 18.1 Å². The zero-order valence-electron chi connectivity index (χ0n) is 9.09. The summed E-state index contributed by atoms with van der Waals surface area (Å²) in [6, 6.07) is 8.34. The van der Waals surface area contributed by atoms with Gasteiger partial charge in [-0.2, -0.15) is 10.4 Å². The van der Waals surface area contributed by atoms with Crippen molar-refractivity contribution in [2.24, 2.45) is 0 Å². The molecule has 2 aromatic rings. The SMILES string of the molecule is Cc1cc(CC#N)cc(Cn2cncn2)c1. The molecule has 0 unspecified atom stereocenters. The molecule has 4 nitrogen and oxygen atoms in total. The maximum Gasteiger partial charge on any atom is 0.137 e. The Balaban J connectivity index is 2.24. The third kappa shape index (κ3) is 2.45. The molecule has 1 aromatic heterocycles. The number of hydrogen-bond acceptors (Lipinski definition) is 3. The predicted octanol–water partition coefficient (Wildman–Crippen LogP) is 1.70. The minimum atomic E-state index is 0.450. The topological polar surface area (TPSA) is 54.5 Å². The number of nitrogens with zero attached hydrogens (tertiary/aromatic N) is 4. The van der Waals surface area contributed by atoms with Gasteiger partial charge in [0.1, 0.15) is 12.7 Å². The standard InChI is InChI=1S/C12H12N4/c1-10-4-11(2-3-13)6-12(5-10)7-16-9-14-8-15-16/h4-6,8-9H,2,7H2,1H3. The fourth-order valence-electron chi connectivity index (χ4n) is 1.73. The van der Waals surface area contributed by atoms with Crippen LogP contribution in [0, 0.1) is 18.3 Å². The summed E-state index contributed by atoms with van der Waals surface area (Å²) in [4.78, 5) is 3.90. The summed E-state index contributed by atoms with van der Waals surface area (Å²) >= 11 is 0.